The van der Waals surface area contributed by atoms with Gasteiger partial charge in [0.05, 0.1) is 12.8 Å². The molecule has 1 aliphatic carbocycles. The van der Waals surface area contributed by atoms with Gasteiger partial charge in [-0.15, -0.1) is 0 Å². The normalized spacial score (nSPS) is 20.6. The molecule has 1 spiro atoms. The molecule has 0 atom stereocenters. The SMILES string of the molecule is COC(=O)N1CC2(CCCC2)c2ccccc21. The van der Waals surface area contributed by atoms with Gasteiger partial charge in [0.1, 0.15) is 0 Å². The summed E-state index contributed by atoms with van der Waals surface area (Å²) >= 11 is 0. The van der Waals surface area contributed by atoms with Crippen molar-refractivity contribution in [3.63, 3.8) is 0 Å². The summed E-state index contributed by atoms with van der Waals surface area (Å²) in [5, 5.41) is 0. The van der Waals surface area contributed by atoms with Crippen LogP contribution in [0.5, 0.6) is 0 Å². The van der Waals surface area contributed by atoms with Crippen LogP contribution < -0.4 is 4.90 Å². The predicted molar refractivity (Wildman–Crippen MR) is 66.3 cm³/mol. The second-order valence-electron chi connectivity index (χ2n) is 5.06. The number of hydrogen-bond acceptors (Lipinski definition) is 2. The quantitative estimate of drug-likeness (QED) is 0.686. The van der Waals surface area contributed by atoms with E-state index in [9.17, 15) is 4.79 Å². The highest BCUT2D eigenvalue weighted by Crippen LogP contribution is 2.50. The molecule has 0 aromatic heterocycles. The number of amides is 1. The number of carbonyl (C=O) groups excluding carboxylic acids is 1. The van der Waals surface area contributed by atoms with Crippen molar-refractivity contribution in [1.29, 1.82) is 0 Å². The minimum atomic E-state index is -0.235. The predicted octanol–water partition coefficient (Wildman–Crippen LogP) is 3.08. The maximum absolute atomic E-state index is 11.8. The average molecular weight is 231 g/mol. The van der Waals surface area contributed by atoms with Gasteiger partial charge in [0.15, 0.2) is 0 Å². The molecule has 1 aliphatic heterocycles. The van der Waals surface area contributed by atoms with Crippen LogP contribution in [0, 0.1) is 0 Å². The molecule has 0 unspecified atom stereocenters. The molecule has 1 amide bonds. The average Bonchev–Trinajstić information content (AvgIpc) is 2.97. The molecule has 1 fully saturated rings. The lowest BCUT2D eigenvalue weighted by Gasteiger charge is -2.24. The van der Waals surface area contributed by atoms with Crippen molar-refractivity contribution in [2.45, 2.75) is 31.1 Å². The number of rotatable bonds is 0. The Labute approximate surface area is 101 Å². The van der Waals surface area contributed by atoms with E-state index < -0.39 is 0 Å². The van der Waals surface area contributed by atoms with E-state index in [-0.39, 0.29) is 11.5 Å². The highest BCUT2D eigenvalue weighted by atomic mass is 16.5. The lowest BCUT2D eigenvalue weighted by molar-refractivity contribution is 0.178. The number of ether oxygens (including phenoxy) is 1. The zero-order chi connectivity index (χ0) is 11.9. The van der Waals surface area contributed by atoms with Gasteiger partial charge in [-0.2, -0.15) is 0 Å². The van der Waals surface area contributed by atoms with Crippen LogP contribution in [0.15, 0.2) is 24.3 Å². The lowest BCUT2D eigenvalue weighted by Crippen LogP contribution is -2.35. The van der Waals surface area contributed by atoms with E-state index in [1.807, 2.05) is 12.1 Å². The molecular weight excluding hydrogens is 214 g/mol. The Balaban J connectivity index is 2.06. The van der Waals surface area contributed by atoms with Gasteiger partial charge in [0.2, 0.25) is 0 Å². The maximum atomic E-state index is 11.8. The van der Waals surface area contributed by atoms with E-state index in [2.05, 4.69) is 12.1 Å². The molecule has 17 heavy (non-hydrogen) atoms. The number of hydrogen-bond donors (Lipinski definition) is 0. The summed E-state index contributed by atoms with van der Waals surface area (Å²) in [6, 6.07) is 8.26. The van der Waals surface area contributed by atoms with Gasteiger partial charge < -0.3 is 4.74 Å². The first-order valence-corrected chi connectivity index (χ1v) is 6.22. The zero-order valence-electron chi connectivity index (χ0n) is 10.1. The summed E-state index contributed by atoms with van der Waals surface area (Å²) in [6.45, 7) is 0.791. The number of nitrogens with zero attached hydrogens (tertiary/aromatic N) is 1. The number of fused-ring (bicyclic) bond motifs is 2. The zero-order valence-corrected chi connectivity index (χ0v) is 10.1. The Hall–Kier alpha value is -1.51. The van der Waals surface area contributed by atoms with Crippen LogP contribution in [0.2, 0.25) is 0 Å². The van der Waals surface area contributed by atoms with Crippen LogP contribution in [0.25, 0.3) is 0 Å². The van der Waals surface area contributed by atoms with Crippen LogP contribution in [0.1, 0.15) is 31.2 Å². The Kier molecular flexibility index (Phi) is 2.35. The molecule has 1 heterocycles. The van der Waals surface area contributed by atoms with E-state index in [4.69, 9.17) is 4.74 Å². The fourth-order valence-corrected chi connectivity index (χ4v) is 3.38. The summed E-state index contributed by atoms with van der Waals surface area (Å²) in [6.07, 6.45) is 4.68. The number of benzene rings is 1. The monoisotopic (exact) mass is 231 g/mol. The molecular formula is C14H17NO2. The van der Waals surface area contributed by atoms with Gasteiger partial charge >= 0.3 is 6.09 Å². The summed E-state index contributed by atoms with van der Waals surface area (Å²) in [5.41, 5.74) is 2.58. The Morgan fingerprint density at radius 2 is 2.00 bits per heavy atom. The summed E-state index contributed by atoms with van der Waals surface area (Å²) in [7, 11) is 1.45. The van der Waals surface area contributed by atoms with Crippen LogP contribution in [-0.4, -0.2) is 19.7 Å². The standard InChI is InChI=1S/C14H17NO2/c1-17-13(16)15-10-14(8-4-5-9-14)11-6-2-3-7-12(11)15/h2-3,6-7H,4-5,8-10H2,1H3. The molecule has 1 aromatic rings. The van der Waals surface area contributed by atoms with Crippen molar-refractivity contribution < 1.29 is 9.53 Å². The van der Waals surface area contributed by atoms with Crippen molar-refractivity contribution >= 4 is 11.8 Å². The second kappa shape index (κ2) is 3.76. The second-order valence-corrected chi connectivity index (χ2v) is 5.06. The number of anilines is 1. The van der Waals surface area contributed by atoms with Gasteiger partial charge in [0, 0.05) is 12.0 Å². The van der Waals surface area contributed by atoms with E-state index in [1.165, 1.54) is 38.4 Å². The number of para-hydroxylation sites is 1. The van der Waals surface area contributed by atoms with E-state index in [1.54, 1.807) is 4.90 Å². The van der Waals surface area contributed by atoms with Crippen molar-refractivity contribution in [2.24, 2.45) is 0 Å². The molecule has 3 nitrogen and oxygen atoms in total. The van der Waals surface area contributed by atoms with E-state index in [0.29, 0.717) is 0 Å². The minimum absolute atomic E-state index is 0.199. The minimum Gasteiger partial charge on any atom is -0.452 e. The fourth-order valence-electron chi connectivity index (χ4n) is 3.38. The van der Waals surface area contributed by atoms with Crippen LogP contribution >= 0.6 is 0 Å². The molecule has 0 radical (unpaired) electrons. The third kappa shape index (κ3) is 1.45. The highest BCUT2D eigenvalue weighted by Gasteiger charge is 2.46. The number of methoxy groups -OCH3 is 1. The van der Waals surface area contributed by atoms with E-state index >= 15 is 0 Å². The Morgan fingerprint density at radius 3 is 2.71 bits per heavy atom. The third-order valence-corrected chi connectivity index (χ3v) is 4.18. The maximum Gasteiger partial charge on any atom is 0.414 e. The first kappa shape index (κ1) is 10.6. The molecule has 90 valence electrons. The van der Waals surface area contributed by atoms with Gasteiger partial charge in [-0.25, -0.2) is 4.79 Å². The summed E-state index contributed by atoms with van der Waals surface area (Å²) in [4.78, 5) is 13.6. The van der Waals surface area contributed by atoms with E-state index in [0.717, 1.165) is 12.2 Å². The van der Waals surface area contributed by atoms with Gasteiger partial charge in [-0.3, -0.25) is 4.90 Å². The van der Waals surface area contributed by atoms with Crippen molar-refractivity contribution in [2.75, 3.05) is 18.6 Å². The molecule has 0 bridgehead atoms. The summed E-state index contributed by atoms with van der Waals surface area (Å²) < 4.78 is 4.88. The third-order valence-electron chi connectivity index (χ3n) is 4.18. The fraction of sp³-hybridized carbons (Fsp3) is 0.500. The highest BCUT2D eigenvalue weighted by molar-refractivity contribution is 5.91. The first-order valence-electron chi connectivity index (χ1n) is 6.22. The van der Waals surface area contributed by atoms with Gasteiger partial charge in [-0.05, 0) is 24.5 Å². The molecule has 1 saturated carbocycles. The van der Waals surface area contributed by atoms with Crippen molar-refractivity contribution in [3.05, 3.63) is 29.8 Å². The molecule has 0 saturated heterocycles. The van der Waals surface area contributed by atoms with Crippen LogP contribution in [0.4, 0.5) is 10.5 Å². The molecule has 1 aromatic carbocycles. The van der Waals surface area contributed by atoms with Gasteiger partial charge in [0.25, 0.3) is 0 Å². The number of carbonyl (C=O) groups is 1. The topological polar surface area (TPSA) is 29.5 Å². The molecule has 0 N–H and O–H groups in total. The smallest absolute Gasteiger partial charge is 0.414 e. The Bertz CT molecular complexity index is 449. The molecule has 2 aliphatic rings. The lowest BCUT2D eigenvalue weighted by atomic mass is 9.81. The van der Waals surface area contributed by atoms with Crippen LogP contribution in [-0.2, 0) is 10.2 Å². The van der Waals surface area contributed by atoms with Crippen LogP contribution in [0.3, 0.4) is 0 Å². The first-order chi connectivity index (χ1) is 8.27. The van der Waals surface area contributed by atoms with Crippen molar-refractivity contribution in [1.82, 2.24) is 0 Å². The molecule has 3 heteroatoms. The van der Waals surface area contributed by atoms with Gasteiger partial charge in [-0.1, -0.05) is 31.0 Å². The molecule has 3 rings (SSSR count). The van der Waals surface area contributed by atoms with Crippen molar-refractivity contribution in [3.8, 4) is 0 Å². The largest absolute Gasteiger partial charge is 0.452 e. The summed E-state index contributed by atoms with van der Waals surface area (Å²) in [5.74, 6) is 0. The Morgan fingerprint density at radius 1 is 1.29 bits per heavy atom.